The number of hydrogen-bond acceptors (Lipinski definition) is 7. The maximum atomic E-state index is 14.2. The van der Waals surface area contributed by atoms with E-state index in [4.69, 9.17) is 9.47 Å². The molecular weight excluding hydrogens is 550 g/mol. The van der Waals surface area contributed by atoms with Crippen molar-refractivity contribution in [2.75, 3.05) is 13.2 Å². The molecule has 0 aromatic heterocycles. The molecule has 10 nitrogen and oxygen atoms in total. The number of esters is 1. The van der Waals surface area contributed by atoms with Crippen LogP contribution in [0.1, 0.15) is 77.6 Å². The second-order valence-corrected chi connectivity index (χ2v) is 12.5. The number of aliphatic hydroxyl groups is 1. The minimum atomic E-state index is -1.37. The number of hydrogen-bond donors (Lipinski definition) is 3. The predicted molar refractivity (Wildman–Crippen MR) is 164 cm³/mol. The number of aliphatic hydroxyl groups excluding tert-OH is 1. The van der Waals surface area contributed by atoms with Crippen molar-refractivity contribution in [2.45, 2.75) is 97.6 Å². The van der Waals surface area contributed by atoms with E-state index in [1.165, 1.54) is 4.90 Å². The fraction of sp³-hybridized carbons (Fsp3) is 0.515. The van der Waals surface area contributed by atoms with Gasteiger partial charge in [0.1, 0.15) is 29.3 Å². The second kappa shape index (κ2) is 15.5. The first-order valence-electron chi connectivity index (χ1n) is 14.6. The Balaban J connectivity index is 2.52. The van der Waals surface area contributed by atoms with Crippen LogP contribution < -0.4 is 10.6 Å². The summed E-state index contributed by atoms with van der Waals surface area (Å²) in [5.74, 6) is -1.89. The molecule has 0 aliphatic carbocycles. The Morgan fingerprint density at radius 3 is 2.02 bits per heavy atom. The number of nitrogens with one attached hydrogen (secondary N) is 2. The van der Waals surface area contributed by atoms with E-state index in [2.05, 4.69) is 10.6 Å². The Morgan fingerprint density at radius 1 is 0.860 bits per heavy atom. The molecular formula is C33H47N3O7. The largest absolute Gasteiger partial charge is 0.458 e. The third-order valence-electron chi connectivity index (χ3n) is 6.13. The molecule has 0 saturated carbocycles. The van der Waals surface area contributed by atoms with Gasteiger partial charge in [0.25, 0.3) is 0 Å². The average Bonchev–Trinajstić information content (AvgIpc) is 2.89. The normalized spacial score (nSPS) is 13.7. The zero-order valence-electron chi connectivity index (χ0n) is 26.6. The van der Waals surface area contributed by atoms with Gasteiger partial charge >= 0.3 is 12.1 Å². The van der Waals surface area contributed by atoms with Gasteiger partial charge in [-0.05, 0) is 66.0 Å². The highest BCUT2D eigenvalue weighted by molar-refractivity contribution is 5.94. The number of rotatable bonds is 12. The minimum absolute atomic E-state index is 0.132. The predicted octanol–water partition coefficient (Wildman–Crippen LogP) is 4.23. The average molecular weight is 598 g/mol. The summed E-state index contributed by atoms with van der Waals surface area (Å²) < 4.78 is 10.9. The Hall–Kier alpha value is -3.92. The summed E-state index contributed by atoms with van der Waals surface area (Å²) in [5.41, 5.74) is 0.566. The third-order valence-corrected chi connectivity index (χ3v) is 6.13. The maximum Gasteiger partial charge on any atom is 0.408 e. The lowest BCUT2D eigenvalue weighted by Gasteiger charge is -2.35. The number of ether oxygens (including phenoxy) is 2. The molecule has 0 saturated heterocycles. The van der Waals surface area contributed by atoms with Gasteiger partial charge < -0.3 is 30.1 Å². The van der Waals surface area contributed by atoms with Crippen LogP contribution in [0.5, 0.6) is 0 Å². The first kappa shape index (κ1) is 35.3. The summed E-state index contributed by atoms with van der Waals surface area (Å²) in [6, 6.07) is 12.8. The smallest absolute Gasteiger partial charge is 0.408 e. The zero-order chi connectivity index (χ0) is 32.4. The van der Waals surface area contributed by atoms with Crippen LogP contribution >= 0.6 is 0 Å². The molecule has 3 atom stereocenters. The van der Waals surface area contributed by atoms with Crippen molar-refractivity contribution < 1.29 is 33.8 Å². The molecule has 0 fully saturated rings. The highest BCUT2D eigenvalue weighted by Gasteiger charge is 2.38. The fourth-order valence-corrected chi connectivity index (χ4v) is 4.42. The molecule has 3 amide bonds. The summed E-state index contributed by atoms with van der Waals surface area (Å²) in [5, 5.41) is 15.4. The summed E-state index contributed by atoms with van der Waals surface area (Å²) in [7, 11) is 0. The summed E-state index contributed by atoms with van der Waals surface area (Å²) in [4.78, 5) is 55.2. The molecule has 43 heavy (non-hydrogen) atoms. The summed E-state index contributed by atoms with van der Waals surface area (Å²) in [6.07, 6.45) is -0.227. The van der Waals surface area contributed by atoms with Crippen LogP contribution in [0.2, 0.25) is 0 Å². The number of alkyl carbamates (subject to hydrolysis) is 1. The van der Waals surface area contributed by atoms with Crippen LogP contribution in [-0.2, 0) is 30.3 Å². The number of amides is 3. The SMILES string of the molecule is CCCN(C(=O)C(CO)NC(=O)OC(C)(C)C)C(C(=O)NC(Cc1ccccc1)C(=O)OC(C)(C)C)c1cccc(C)c1. The number of carbonyl (C=O) groups excluding carboxylic acids is 4. The standard InChI is InChI=1S/C33H47N3O7/c1-9-18-36(29(39)26(21-37)35-31(41)43-33(6,7)8)27(24-17-13-14-22(2)19-24)28(38)34-25(30(40)42-32(3,4)5)20-23-15-11-10-12-16-23/h10-17,19,25-27,37H,9,18,20-21H2,1-8H3,(H,34,38)(H,35,41). The van der Waals surface area contributed by atoms with Crippen LogP contribution in [0.25, 0.3) is 0 Å². The van der Waals surface area contributed by atoms with Gasteiger partial charge in [-0.1, -0.05) is 67.1 Å². The molecule has 0 aliphatic rings. The Labute approximate surface area is 255 Å². The van der Waals surface area contributed by atoms with Gasteiger partial charge in [-0.25, -0.2) is 9.59 Å². The van der Waals surface area contributed by atoms with Gasteiger partial charge in [0.05, 0.1) is 6.61 Å². The lowest BCUT2D eigenvalue weighted by atomic mass is 9.99. The van der Waals surface area contributed by atoms with E-state index in [0.29, 0.717) is 12.0 Å². The molecule has 0 radical (unpaired) electrons. The van der Waals surface area contributed by atoms with Crippen molar-refractivity contribution in [3.8, 4) is 0 Å². The third kappa shape index (κ3) is 11.7. The Morgan fingerprint density at radius 2 is 1.49 bits per heavy atom. The van der Waals surface area contributed by atoms with Crippen LogP contribution in [0.4, 0.5) is 4.79 Å². The van der Waals surface area contributed by atoms with Crippen LogP contribution in [-0.4, -0.2) is 70.3 Å². The topological polar surface area (TPSA) is 134 Å². The zero-order valence-corrected chi connectivity index (χ0v) is 26.6. The van der Waals surface area contributed by atoms with Gasteiger partial charge in [-0.3, -0.25) is 9.59 Å². The number of carbonyl (C=O) groups is 4. The number of nitrogens with zero attached hydrogens (tertiary/aromatic N) is 1. The molecule has 10 heteroatoms. The molecule has 0 aliphatic heterocycles. The van der Waals surface area contributed by atoms with Gasteiger partial charge in [-0.15, -0.1) is 0 Å². The molecule has 0 spiro atoms. The van der Waals surface area contributed by atoms with E-state index in [0.717, 1.165) is 11.1 Å². The van der Waals surface area contributed by atoms with Crippen LogP contribution in [0.15, 0.2) is 54.6 Å². The minimum Gasteiger partial charge on any atom is -0.458 e. The molecule has 236 valence electrons. The van der Waals surface area contributed by atoms with Gasteiger partial charge in [0.2, 0.25) is 11.8 Å². The van der Waals surface area contributed by atoms with Crippen molar-refractivity contribution in [3.05, 3.63) is 71.3 Å². The molecule has 3 unspecified atom stereocenters. The monoisotopic (exact) mass is 597 g/mol. The van der Waals surface area contributed by atoms with Crippen molar-refractivity contribution in [3.63, 3.8) is 0 Å². The van der Waals surface area contributed by atoms with E-state index >= 15 is 0 Å². The molecule has 3 N–H and O–H groups in total. The summed E-state index contributed by atoms with van der Waals surface area (Å²) in [6.45, 7) is 13.4. The molecule has 2 rings (SSSR count). The van der Waals surface area contributed by atoms with Crippen molar-refractivity contribution >= 4 is 23.9 Å². The summed E-state index contributed by atoms with van der Waals surface area (Å²) >= 11 is 0. The van der Waals surface area contributed by atoms with E-state index < -0.39 is 59.8 Å². The van der Waals surface area contributed by atoms with E-state index in [1.807, 2.05) is 50.2 Å². The Bertz CT molecular complexity index is 1240. The first-order chi connectivity index (χ1) is 20.0. The van der Waals surface area contributed by atoms with Crippen molar-refractivity contribution in [1.29, 1.82) is 0 Å². The molecule has 2 aromatic carbocycles. The highest BCUT2D eigenvalue weighted by atomic mass is 16.6. The molecule has 2 aromatic rings. The molecule has 0 heterocycles. The maximum absolute atomic E-state index is 14.2. The number of benzene rings is 2. The highest BCUT2D eigenvalue weighted by Crippen LogP contribution is 2.25. The van der Waals surface area contributed by atoms with Gasteiger partial charge in [0.15, 0.2) is 0 Å². The van der Waals surface area contributed by atoms with E-state index in [-0.39, 0.29) is 13.0 Å². The fourth-order valence-electron chi connectivity index (χ4n) is 4.42. The van der Waals surface area contributed by atoms with Crippen molar-refractivity contribution in [1.82, 2.24) is 15.5 Å². The first-order valence-corrected chi connectivity index (χ1v) is 14.6. The quantitative estimate of drug-likeness (QED) is 0.312. The van der Waals surface area contributed by atoms with Gasteiger partial charge in [0, 0.05) is 13.0 Å². The lowest BCUT2D eigenvalue weighted by molar-refractivity contribution is -0.159. The molecule has 0 bridgehead atoms. The second-order valence-electron chi connectivity index (χ2n) is 12.5. The number of aryl methyl sites for hydroxylation is 1. The lowest BCUT2D eigenvalue weighted by Crippen LogP contribution is -2.56. The van der Waals surface area contributed by atoms with Gasteiger partial charge in [-0.2, -0.15) is 0 Å². The van der Waals surface area contributed by atoms with Crippen LogP contribution in [0, 0.1) is 6.92 Å². The van der Waals surface area contributed by atoms with Crippen LogP contribution in [0.3, 0.4) is 0 Å². The Kier molecular flexibility index (Phi) is 12.7. The van der Waals surface area contributed by atoms with E-state index in [1.54, 1.807) is 59.7 Å². The van der Waals surface area contributed by atoms with E-state index in [9.17, 15) is 24.3 Å². The van der Waals surface area contributed by atoms with Crippen molar-refractivity contribution in [2.24, 2.45) is 0 Å².